The molecule has 25 heavy (non-hydrogen) atoms. The molecule has 0 N–H and O–H groups in total. The standard InChI is InChI=1S/C19H24N4O2/c1-4-19(24)23-11-9-22(10-12-23)17-13-18(21-15(3)20-17)25-16-7-5-14(2)6-8-16/h5-8,13H,4,9-12H2,1-3H3. The van der Waals surface area contributed by atoms with Gasteiger partial charge in [-0.2, -0.15) is 4.98 Å². The topological polar surface area (TPSA) is 58.6 Å². The highest BCUT2D eigenvalue weighted by Crippen LogP contribution is 2.24. The van der Waals surface area contributed by atoms with E-state index in [9.17, 15) is 4.79 Å². The lowest BCUT2D eigenvalue weighted by Gasteiger charge is -2.35. The van der Waals surface area contributed by atoms with Crippen molar-refractivity contribution in [3.8, 4) is 11.6 Å². The summed E-state index contributed by atoms with van der Waals surface area (Å²) in [6, 6.07) is 9.75. The van der Waals surface area contributed by atoms with Crippen molar-refractivity contribution in [2.24, 2.45) is 0 Å². The molecule has 1 aromatic heterocycles. The second kappa shape index (κ2) is 7.51. The number of piperazine rings is 1. The number of ether oxygens (including phenoxy) is 1. The molecular weight excluding hydrogens is 316 g/mol. The summed E-state index contributed by atoms with van der Waals surface area (Å²) < 4.78 is 5.88. The fraction of sp³-hybridized carbons (Fsp3) is 0.421. The molecule has 0 radical (unpaired) electrons. The minimum absolute atomic E-state index is 0.210. The van der Waals surface area contributed by atoms with Crippen LogP contribution in [0.5, 0.6) is 11.6 Å². The summed E-state index contributed by atoms with van der Waals surface area (Å²) in [5.74, 6) is 3.03. The van der Waals surface area contributed by atoms with Crippen molar-refractivity contribution in [3.63, 3.8) is 0 Å². The molecule has 1 aliphatic rings. The quantitative estimate of drug-likeness (QED) is 0.856. The smallest absolute Gasteiger partial charge is 0.224 e. The van der Waals surface area contributed by atoms with Crippen LogP contribution in [0.1, 0.15) is 24.7 Å². The summed E-state index contributed by atoms with van der Waals surface area (Å²) in [4.78, 5) is 24.8. The third-order valence-electron chi connectivity index (χ3n) is 4.30. The molecule has 0 spiro atoms. The van der Waals surface area contributed by atoms with Crippen LogP contribution in [0.25, 0.3) is 0 Å². The van der Waals surface area contributed by atoms with E-state index in [0.29, 0.717) is 18.1 Å². The molecule has 1 saturated heterocycles. The second-order valence-corrected chi connectivity index (χ2v) is 6.25. The molecule has 1 aliphatic heterocycles. The molecule has 0 saturated carbocycles. The van der Waals surface area contributed by atoms with Crippen LogP contribution in [0, 0.1) is 13.8 Å². The first kappa shape index (κ1) is 17.2. The minimum atomic E-state index is 0.210. The molecule has 1 amide bonds. The van der Waals surface area contributed by atoms with E-state index in [1.807, 2.05) is 56.0 Å². The highest BCUT2D eigenvalue weighted by Gasteiger charge is 2.21. The Balaban J connectivity index is 1.71. The van der Waals surface area contributed by atoms with Crippen LogP contribution in [0.2, 0.25) is 0 Å². The SMILES string of the molecule is CCC(=O)N1CCN(c2cc(Oc3ccc(C)cc3)nc(C)n2)CC1. The number of anilines is 1. The van der Waals surface area contributed by atoms with Crippen LogP contribution in [0.3, 0.4) is 0 Å². The molecule has 0 atom stereocenters. The average molecular weight is 340 g/mol. The highest BCUT2D eigenvalue weighted by molar-refractivity contribution is 5.76. The lowest BCUT2D eigenvalue weighted by atomic mass is 10.2. The van der Waals surface area contributed by atoms with Gasteiger partial charge in [-0.15, -0.1) is 0 Å². The van der Waals surface area contributed by atoms with Gasteiger partial charge in [0.1, 0.15) is 17.4 Å². The average Bonchev–Trinajstić information content (AvgIpc) is 2.62. The van der Waals surface area contributed by atoms with Gasteiger partial charge in [0.05, 0.1) is 0 Å². The molecule has 6 heteroatoms. The number of aryl methyl sites for hydroxylation is 2. The molecule has 1 aromatic carbocycles. The number of benzene rings is 1. The zero-order valence-electron chi connectivity index (χ0n) is 15.0. The van der Waals surface area contributed by atoms with Crippen molar-refractivity contribution in [3.05, 3.63) is 41.7 Å². The van der Waals surface area contributed by atoms with Gasteiger partial charge in [-0.3, -0.25) is 4.79 Å². The van der Waals surface area contributed by atoms with Gasteiger partial charge in [0.15, 0.2) is 0 Å². The normalized spacial score (nSPS) is 14.5. The van der Waals surface area contributed by atoms with Gasteiger partial charge in [-0.1, -0.05) is 24.6 Å². The van der Waals surface area contributed by atoms with Crippen molar-refractivity contribution < 1.29 is 9.53 Å². The maximum Gasteiger partial charge on any atom is 0.224 e. The van der Waals surface area contributed by atoms with Gasteiger partial charge >= 0.3 is 0 Å². The summed E-state index contributed by atoms with van der Waals surface area (Å²) in [5.41, 5.74) is 1.19. The number of hydrogen-bond donors (Lipinski definition) is 0. The van der Waals surface area contributed by atoms with E-state index in [2.05, 4.69) is 14.9 Å². The van der Waals surface area contributed by atoms with E-state index in [0.717, 1.165) is 37.7 Å². The predicted molar refractivity (Wildman–Crippen MR) is 97.1 cm³/mol. The molecule has 1 fully saturated rings. The number of nitrogens with zero attached hydrogens (tertiary/aromatic N) is 4. The maximum atomic E-state index is 11.8. The molecule has 0 aliphatic carbocycles. The Morgan fingerprint density at radius 3 is 2.40 bits per heavy atom. The molecular formula is C19H24N4O2. The van der Waals surface area contributed by atoms with Gasteiger partial charge in [0.2, 0.25) is 11.8 Å². The first-order valence-corrected chi connectivity index (χ1v) is 8.68. The van der Waals surface area contributed by atoms with E-state index in [4.69, 9.17) is 4.74 Å². The van der Waals surface area contributed by atoms with E-state index in [1.54, 1.807) is 0 Å². The van der Waals surface area contributed by atoms with Crippen LogP contribution in [-0.2, 0) is 4.79 Å². The zero-order valence-corrected chi connectivity index (χ0v) is 15.0. The van der Waals surface area contributed by atoms with Gasteiger partial charge in [-0.25, -0.2) is 4.98 Å². The number of carbonyl (C=O) groups excluding carboxylic acids is 1. The summed E-state index contributed by atoms with van der Waals surface area (Å²) in [7, 11) is 0. The monoisotopic (exact) mass is 340 g/mol. The fourth-order valence-electron chi connectivity index (χ4n) is 2.88. The van der Waals surface area contributed by atoms with E-state index >= 15 is 0 Å². The van der Waals surface area contributed by atoms with E-state index in [-0.39, 0.29) is 5.91 Å². The van der Waals surface area contributed by atoms with Crippen LogP contribution >= 0.6 is 0 Å². The summed E-state index contributed by atoms with van der Waals surface area (Å²) in [5, 5.41) is 0. The number of amides is 1. The minimum Gasteiger partial charge on any atom is -0.439 e. The first-order valence-electron chi connectivity index (χ1n) is 8.68. The number of hydrogen-bond acceptors (Lipinski definition) is 5. The lowest BCUT2D eigenvalue weighted by molar-refractivity contribution is -0.131. The van der Waals surface area contributed by atoms with E-state index < -0.39 is 0 Å². The third kappa shape index (κ3) is 4.26. The zero-order chi connectivity index (χ0) is 17.8. The summed E-state index contributed by atoms with van der Waals surface area (Å²) >= 11 is 0. The lowest BCUT2D eigenvalue weighted by Crippen LogP contribution is -2.48. The van der Waals surface area contributed by atoms with Crippen molar-refractivity contribution in [2.75, 3.05) is 31.1 Å². The molecule has 3 rings (SSSR count). The largest absolute Gasteiger partial charge is 0.439 e. The molecule has 0 unspecified atom stereocenters. The fourth-order valence-corrected chi connectivity index (χ4v) is 2.88. The van der Waals surface area contributed by atoms with Crippen molar-refractivity contribution >= 4 is 11.7 Å². The van der Waals surface area contributed by atoms with Crippen LogP contribution < -0.4 is 9.64 Å². The van der Waals surface area contributed by atoms with E-state index in [1.165, 1.54) is 5.56 Å². The predicted octanol–water partition coefficient (Wildman–Crippen LogP) is 2.94. The maximum absolute atomic E-state index is 11.8. The molecule has 6 nitrogen and oxygen atoms in total. The van der Waals surface area contributed by atoms with Crippen molar-refractivity contribution in [1.82, 2.24) is 14.9 Å². The number of carbonyl (C=O) groups is 1. The van der Waals surface area contributed by atoms with Gasteiger partial charge in [-0.05, 0) is 26.0 Å². The Bertz CT molecular complexity index is 738. The Kier molecular flexibility index (Phi) is 5.16. The van der Waals surface area contributed by atoms with Crippen molar-refractivity contribution in [1.29, 1.82) is 0 Å². The van der Waals surface area contributed by atoms with Gasteiger partial charge in [0, 0.05) is 38.7 Å². The van der Waals surface area contributed by atoms with Crippen LogP contribution in [0.4, 0.5) is 5.82 Å². The Morgan fingerprint density at radius 2 is 1.76 bits per heavy atom. The van der Waals surface area contributed by atoms with Crippen molar-refractivity contribution in [2.45, 2.75) is 27.2 Å². The number of rotatable bonds is 4. The Hall–Kier alpha value is -2.63. The van der Waals surface area contributed by atoms with Gasteiger partial charge in [0.25, 0.3) is 0 Å². The molecule has 2 heterocycles. The Morgan fingerprint density at radius 1 is 1.08 bits per heavy atom. The summed E-state index contributed by atoms with van der Waals surface area (Å²) in [6.07, 6.45) is 0.557. The highest BCUT2D eigenvalue weighted by atomic mass is 16.5. The molecule has 132 valence electrons. The summed E-state index contributed by atoms with van der Waals surface area (Å²) in [6.45, 7) is 8.80. The van der Waals surface area contributed by atoms with Crippen LogP contribution in [0.15, 0.2) is 30.3 Å². The Labute approximate surface area is 148 Å². The number of aromatic nitrogens is 2. The third-order valence-corrected chi connectivity index (χ3v) is 4.30. The first-order chi connectivity index (χ1) is 12.0. The van der Waals surface area contributed by atoms with Gasteiger partial charge < -0.3 is 14.5 Å². The van der Waals surface area contributed by atoms with Crippen LogP contribution in [-0.4, -0.2) is 47.0 Å². The molecule has 2 aromatic rings. The molecule has 0 bridgehead atoms. The second-order valence-electron chi connectivity index (χ2n) is 6.25.